The molecule has 0 bridgehead atoms. The van der Waals surface area contributed by atoms with Crippen molar-refractivity contribution in [1.29, 1.82) is 0 Å². The Bertz CT molecular complexity index is 841. The van der Waals surface area contributed by atoms with Crippen molar-refractivity contribution >= 4 is 17.0 Å². The van der Waals surface area contributed by atoms with E-state index in [4.69, 9.17) is 4.52 Å². The van der Waals surface area contributed by atoms with E-state index in [1.54, 1.807) is 19.9 Å². The van der Waals surface area contributed by atoms with E-state index in [-0.39, 0.29) is 12.5 Å². The van der Waals surface area contributed by atoms with Crippen molar-refractivity contribution in [2.45, 2.75) is 20.0 Å². The van der Waals surface area contributed by atoms with Gasteiger partial charge in [0.2, 0.25) is 0 Å². The van der Waals surface area contributed by atoms with Gasteiger partial charge in [-0.05, 0) is 19.9 Å². The van der Waals surface area contributed by atoms with Crippen LogP contribution in [0.2, 0.25) is 0 Å². The second-order valence-corrected chi connectivity index (χ2v) is 5.43. The van der Waals surface area contributed by atoms with Crippen LogP contribution in [0.25, 0.3) is 22.4 Å². The predicted molar refractivity (Wildman–Crippen MR) is 86.0 cm³/mol. The topological polar surface area (TPSA) is 88.2 Å². The maximum atomic E-state index is 12.5. The fourth-order valence-corrected chi connectivity index (χ4v) is 2.37. The van der Waals surface area contributed by atoms with Crippen molar-refractivity contribution in [1.82, 2.24) is 15.5 Å². The number of aliphatic hydroxyl groups is 1. The monoisotopic (exact) mass is 311 g/mol. The molecule has 3 aromatic rings. The van der Waals surface area contributed by atoms with E-state index in [1.165, 1.54) is 0 Å². The third-order valence-corrected chi connectivity index (χ3v) is 3.49. The molecular formula is C17H17N3O3. The van der Waals surface area contributed by atoms with E-state index in [9.17, 15) is 9.90 Å². The van der Waals surface area contributed by atoms with Gasteiger partial charge in [0, 0.05) is 12.1 Å². The highest BCUT2D eigenvalue weighted by Crippen LogP contribution is 2.26. The quantitative estimate of drug-likeness (QED) is 0.772. The Hall–Kier alpha value is -2.73. The number of carbonyl (C=O) groups excluding carboxylic acids is 1. The van der Waals surface area contributed by atoms with Gasteiger partial charge in [0.1, 0.15) is 0 Å². The molecule has 0 radical (unpaired) electrons. The number of rotatable bonds is 4. The number of aliphatic hydroxyl groups excluding tert-OH is 1. The lowest BCUT2D eigenvalue weighted by molar-refractivity contribution is 0.0925. The first-order valence-electron chi connectivity index (χ1n) is 7.35. The first-order valence-corrected chi connectivity index (χ1v) is 7.35. The van der Waals surface area contributed by atoms with Gasteiger partial charge in [-0.25, -0.2) is 4.98 Å². The van der Waals surface area contributed by atoms with Gasteiger partial charge in [0.25, 0.3) is 11.6 Å². The van der Waals surface area contributed by atoms with Crippen LogP contribution in [-0.2, 0) is 0 Å². The van der Waals surface area contributed by atoms with Crippen molar-refractivity contribution in [3.63, 3.8) is 0 Å². The number of benzene rings is 1. The fraction of sp³-hybridized carbons (Fsp3) is 0.235. The average molecular weight is 311 g/mol. The Morgan fingerprint density at radius 1 is 1.35 bits per heavy atom. The summed E-state index contributed by atoms with van der Waals surface area (Å²) in [4.78, 5) is 16.9. The van der Waals surface area contributed by atoms with E-state index >= 15 is 0 Å². The molecule has 0 aliphatic rings. The van der Waals surface area contributed by atoms with E-state index in [2.05, 4.69) is 15.5 Å². The van der Waals surface area contributed by atoms with E-state index in [0.717, 1.165) is 5.56 Å². The van der Waals surface area contributed by atoms with Gasteiger partial charge in [0.05, 0.1) is 28.4 Å². The molecule has 6 heteroatoms. The van der Waals surface area contributed by atoms with Crippen molar-refractivity contribution in [3.8, 4) is 11.3 Å². The lowest BCUT2D eigenvalue weighted by Crippen LogP contribution is -2.30. The van der Waals surface area contributed by atoms with E-state index in [0.29, 0.717) is 28.1 Å². The molecule has 2 heterocycles. The fourth-order valence-electron chi connectivity index (χ4n) is 2.37. The van der Waals surface area contributed by atoms with Gasteiger partial charge >= 0.3 is 0 Å². The van der Waals surface area contributed by atoms with Crippen LogP contribution in [0.3, 0.4) is 0 Å². The van der Waals surface area contributed by atoms with Crippen molar-refractivity contribution in [2.24, 2.45) is 0 Å². The standard InChI is InChI=1S/C17H17N3O3/c1-10(21)9-18-16(22)13-8-14(12-6-4-3-5-7-12)19-17-15(13)11(2)20-23-17/h3-8,10,21H,9H2,1-2H3,(H,18,22). The Morgan fingerprint density at radius 3 is 2.78 bits per heavy atom. The number of carbonyl (C=O) groups is 1. The van der Waals surface area contributed by atoms with Gasteiger partial charge in [-0.2, -0.15) is 0 Å². The number of fused-ring (bicyclic) bond motifs is 1. The minimum absolute atomic E-state index is 0.174. The normalized spacial score (nSPS) is 12.3. The maximum Gasteiger partial charge on any atom is 0.259 e. The number of aromatic nitrogens is 2. The van der Waals surface area contributed by atoms with E-state index in [1.807, 2.05) is 30.3 Å². The lowest BCUT2D eigenvalue weighted by atomic mass is 10.1. The Labute approximate surface area is 133 Å². The summed E-state index contributed by atoms with van der Waals surface area (Å²) in [7, 11) is 0. The molecule has 1 aromatic carbocycles. The van der Waals surface area contributed by atoms with Gasteiger partial charge < -0.3 is 14.9 Å². The molecule has 0 spiro atoms. The molecule has 0 aliphatic carbocycles. The highest BCUT2D eigenvalue weighted by Gasteiger charge is 2.19. The number of nitrogens with zero attached hydrogens (tertiary/aromatic N) is 2. The Morgan fingerprint density at radius 2 is 2.09 bits per heavy atom. The SMILES string of the molecule is Cc1noc2nc(-c3ccccc3)cc(C(=O)NCC(C)O)c12. The zero-order valence-electron chi connectivity index (χ0n) is 12.9. The van der Waals surface area contributed by atoms with Crippen LogP contribution >= 0.6 is 0 Å². The second-order valence-electron chi connectivity index (χ2n) is 5.43. The molecule has 118 valence electrons. The van der Waals surface area contributed by atoms with Gasteiger partial charge in [-0.1, -0.05) is 35.5 Å². The highest BCUT2D eigenvalue weighted by atomic mass is 16.5. The van der Waals surface area contributed by atoms with Crippen LogP contribution in [0.5, 0.6) is 0 Å². The molecule has 23 heavy (non-hydrogen) atoms. The molecule has 3 rings (SSSR count). The summed E-state index contributed by atoms with van der Waals surface area (Å²) in [6, 6.07) is 11.3. The van der Waals surface area contributed by atoms with Crippen LogP contribution in [0.15, 0.2) is 40.9 Å². The van der Waals surface area contributed by atoms with Crippen molar-refractivity contribution in [2.75, 3.05) is 6.54 Å². The number of hydrogen-bond donors (Lipinski definition) is 2. The van der Waals surface area contributed by atoms with Crippen LogP contribution in [0.1, 0.15) is 23.0 Å². The smallest absolute Gasteiger partial charge is 0.259 e. The molecule has 0 saturated heterocycles. The molecule has 2 aromatic heterocycles. The summed E-state index contributed by atoms with van der Waals surface area (Å²) in [6.07, 6.45) is -0.617. The van der Waals surface area contributed by atoms with E-state index < -0.39 is 6.10 Å². The average Bonchev–Trinajstić information content (AvgIpc) is 2.94. The van der Waals surface area contributed by atoms with Crippen LogP contribution in [0, 0.1) is 6.92 Å². The zero-order valence-corrected chi connectivity index (χ0v) is 12.9. The first kappa shape index (κ1) is 15.2. The molecule has 6 nitrogen and oxygen atoms in total. The summed E-state index contributed by atoms with van der Waals surface area (Å²) in [5.41, 5.74) is 2.89. The molecule has 2 N–H and O–H groups in total. The highest BCUT2D eigenvalue weighted by molar-refractivity contribution is 6.07. The van der Waals surface area contributed by atoms with Crippen molar-refractivity contribution in [3.05, 3.63) is 47.7 Å². The Kier molecular flexibility index (Phi) is 4.08. The summed E-state index contributed by atoms with van der Waals surface area (Å²) in [5.74, 6) is -0.290. The molecule has 0 aliphatic heterocycles. The molecule has 0 saturated carbocycles. The number of nitrogens with one attached hydrogen (secondary N) is 1. The zero-order chi connectivity index (χ0) is 16.4. The molecule has 1 atom stereocenters. The predicted octanol–water partition coefficient (Wildman–Crippen LogP) is 2.31. The van der Waals surface area contributed by atoms with Crippen LogP contribution in [0.4, 0.5) is 0 Å². The summed E-state index contributed by atoms with van der Waals surface area (Å²) in [6.45, 7) is 3.55. The molecule has 0 fully saturated rings. The maximum absolute atomic E-state index is 12.5. The molecule has 1 amide bonds. The number of pyridine rings is 1. The summed E-state index contributed by atoms with van der Waals surface area (Å²) >= 11 is 0. The van der Waals surface area contributed by atoms with Crippen LogP contribution in [-0.4, -0.2) is 33.8 Å². The third-order valence-electron chi connectivity index (χ3n) is 3.49. The number of aryl methyl sites for hydroxylation is 1. The summed E-state index contributed by atoms with van der Waals surface area (Å²) in [5, 5.41) is 16.5. The van der Waals surface area contributed by atoms with Crippen LogP contribution < -0.4 is 5.32 Å². The molecular weight excluding hydrogens is 294 g/mol. The Balaban J connectivity index is 2.10. The first-order chi connectivity index (χ1) is 11.1. The second kappa shape index (κ2) is 6.18. The largest absolute Gasteiger partial charge is 0.392 e. The van der Waals surface area contributed by atoms with Crippen molar-refractivity contribution < 1.29 is 14.4 Å². The lowest BCUT2D eigenvalue weighted by Gasteiger charge is -2.09. The van der Waals surface area contributed by atoms with Gasteiger partial charge in [-0.15, -0.1) is 0 Å². The minimum atomic E-state index is -0.617. The number of hydrogen-bond acceptors (Lipinski definition) is 5. The minimum Gasteiger partial charge on any atom is -0.392 e. The molecule has 1 unspecified atom stereocenters. The third kappa shape index (κ3) is 3.07. The van der Waals surface area contributed by atoms with Gasteiger partial charge in [-0.3, -0.25) is 4.79 Å². The number of amides is 1. The summed E-state index contributed by atoms with van der Waals surface area (Å²) < 4.78 is 5.24. The van der Waals surface area contributed by atoms with Gasteiger partial charge in [0.15, 0.2) is 0 Å².